The number of hydrogen-bond acceptors (Lipinski definition) is 3. The Morgan fingerprint density at radius 3 is 2.05 bits per heavy atom. The summed E-state index contributed by atoms with van der Waals surface area (Å²) in [5, 5.41) is 5.15. The van der Waals surface area contributed by atoms with Crippen molar-refractivity contribution >= 4 is 44.9 Å². The second kappa shape index (κ2) is 6.27. The van der Waals surface area contributed by atoms with Crippen LogP contribution in [0.1, 0.15) is 10.4 Å². The van der Waals surface area contributed by atoms with E-state index in [0.717, 1.165) is 4.47 Å². The number of primary amides is 1. The summed E-state index contributed by atoms with van der Waals surface area (Å²) in [4.78, 5) is 22.8. The molecule has 108 valence electrons. The van der Waals surface area contributed by atoms with Crippen molar-refractivity contribution in [2.45, 2.75) is 0 Å². The average Bonchev–Trinajstić information content (AvgIpc) is 2.40. The highest BCUT2D eigenvalue weighted by molar-refractivity contribution is 9.10. The van der Waals surface area contributed by atoms with Gasteiger partial charge in [0.05, 0.1) is 5.56 Å². The molecule has 0 fully saturated rings. The Kier molecular flexibility index (Phi) is 4.44. The van der Waals surface area contributed by atoms with Crippen LogP contribution in [0.15, 0.2) is 46.9 Å². The summed E-state index contributed by atoms with van der Waals surface area (Å²) in [7, 11) is 0. The molecule has 0 aliphatic heterocycles. The van der Waals surface area contributed by atoms with Crippen molar-refractivity contribution in [3.63, 3.8) is 0 Å². The smallest absolute Gasteiger partial charge is 0.316 e. The molecule has 0 saturated heterocycles. The van der Waals surface area contributed by atoms with Gasteiger partial charge in [0.2, 0.25) is 0 Å². The Hall–Kier alpha value is -2.54. The summed E-state index contributed by atoms with van der Waals surface area (Å²) in [5.41, 5.74) is 12.7. The highest BCUT2D eigenvalue weighted by Gasteiger charge is 2.10. The van der Waals surface area contributed by atoms with E-state index in [9.17, 15) is 9.59 Å². The molecule has 0 atom stereocenters. The molecule has 0 bridgehead atoms. The Labute approximate surface area is 129 Å². The zero-order chi connectivity index (χ0) is 15.4. The van der Waals surface area contributed by atoms with Crippen LogP contribution in [0.25, 0.3) is 0 Å². The minimum atomic E-state index is -0.644. The van der Waals surface area contributed by atoms with Crippen molar-refractivity contribution in [2.75, 3.05) is 16.4 Å². The van der Waals surface area contributed by atoms with Gasteiger partial charge >= 0.3 is 6.03 Å². The third-order valence-corrected chi connectivity index (χ3v) is 3.16. The number of nitrogen functional groups attached to an aromatic ring is 1. The largest absolute Gasteiger partial charge is 0.398 e. The van der Waals surface area contributed by atoms with Gasteiger partial charge in [-0.05, 0) is 42.5 Å². The number of anilines is 3. The molecular formula is C14H13BrN4O2. The van der Waals surface area contributed by atoms with E-state index in [1.165, 1.54) is 0 Å². The first-order valence-corrected chi connectivity index (χ1v) is 6.78. The van der Waals surface area contributed by atoms with Gasteiger partial charge in [-0.25, -0.2) is 4.79 Å². The molecule has 2 rings (SSSR count). The first-order chi connectivity index (χ1) is 9.95. The SMILES string of the molecule is NC(=O)Nc1ccc(NC(=O)c2ccc(Br)cc2N)cc1. The molecule has 6 N–H and O–H groups in total. The van der Waals surface area contributed by atoms with Crippen molar-refractivity contribution in [3.8, 4) is 0 Å². The van der Waals surface area contributed by atoms with E-state index in [-0.39, 0.29) is 5.91 Å². The maximum atomic E-state index is 12.1. The lowest BCUT2D eigenvalue weighted by Crippen LogP contribution is -2.19. The molecule has 0 saturated carbocycles. The summed E-state index contributed by atoms with van der Waals surface area (Å²) >= 11 is 3.28. The lowest BCUT2D eigenvalue weighted by atomic mass is 10.1. The molecule has 0 aromatic heterocycles. The van der Waals surface area contributed by atoms with E-state index in [1.807, 2.05) is 0 Å². The van der Waals surface area contributed by atoms with Gasteiger partial charge < -0.3 is 22.1 Å². The summed E-state index contributed by atoms with van der Waals surface area (Å²) in [6, 6.07) is 11.0. The second-order valence-corrected chi connectivity index (χ2v) is 5.17. The van der Waals surface area contributed by atoms with Gasteiger partial charge in [-0.15, -0.1) is 0 Å². The predicted octanol–water partition coefficient (Wildman–Crippen LogP) is 2.77. The van der Waals surface area contributed by atoms with Gasteiger partial charge in [0.15, 0.2) is 0 Å². The van der Waals surface area contributed by atoms with Crippen molar-refractivity contribution < 1.29 is 9.59 Å². The van der Waals surface area contributed by atoms with Gasteiger partial charge in [-0.1, -0.05) is 15.9 Å². The zero-order valence-electron chi connectivity index (χ0n) is 10.9. The molecule has 0 unspecified atom stereocenters. The van der Waals surface area contributed by atoms with Gasteiger partial charge in [0.25, 0.3) is 5.91 Å². The van der Waals surface area contributed by atoms with E-state index in [2.05, 4.69) is 26.6 Å². The minimum Gasteiger partial charge on any atom is -0.398 e. The summed E-state index contributed by atoms with van der Waals surface area (Å²) in [6.07, 6.45) is 0. The lowest BCUT2D eigenvalue weighted by Gasteiger charge is -2.09. The van der Waals surface area contributed by atoms with Gasteiger partial charge in [-0.3, -0.25) is 4.79 Å². The lowest BCUT2D eigenvalue weighted by molar-refractivity contribution is 0.102. The zero-order valence-corrected chi connectivity index (χ0v) is 12.5. The Bertz CT molecular complexity index is 686. The van der Waals surface area contributed by atoms with Crippen LogP contribution in [0.4, 0.5) is 21.9 Å². The molecule has 6 nitrogen and oxygen atoms in total. The number of rotatable bonds is 3. The number of carbonyl (C=O) groups excluding carboxylic acids is 2. The molecule has 2 aromatic carbocycles. The number of nitrogens with two attached hydrogens (primary N) is 2. The molecule has 0 spiro atoms. The number of benzene rings is 2. The Morgan fingerprint density at radius 1 is 0.952 bits per heavy atom. The number of hydrogen-bond donors (Lipinski definition) is 4. The van der Waals surface area contributed by atoms with E-state index >= 15 is 0 Å². The topological polar surface area (TPSA) is 110 Å². The quantitative estimate of drug-likeness (QED) is 0.640. The number of urea groups is 1. The monoisotopic (exact) mass is 348 g/mol. The van der Waals surface area contributed by atoms with Crippen LogP contribution in [0, 0.1) is 0 Å². The number of carbonyl (C=O) groups is 2. The van der Waals surface area contributed by atoms with Crippen molar-refractivity contribution in [1.29, 1.82) is 0 Å². The summed E-state index contributed by atoms with van der Waals surface area (Å²) in [5.74, 6) is -0.310. The summed E-state index contributed by atoms with van der Waals surface area (Å²) < 4.78 is 0.804. The van der Waals surface area contributed by atoms with Crippen LogP contribution < -0.4 is 22.1 Å². The standard InChI is InChI=1S/C14H13BrN4O2/c15-8-1-6-11(12(16)7-8)13(20)18-9-2-4-10(5-3-9)19-14(17)21/h1-7H,16H2,(H,18,20)(H3,17,19,21). The fourth-order valence-electron chi connectivity index (χ4n) is 1.72. The molecule has 3 amide bonds. The van der Waals surface area contributed by atoms with E-state index in [4.69, 9.17) is 11.5 Å². The van der Waals surface area contributed by atoms with Crippen LogP contribution in [0.5, 0.6) is 0 Å². The van der Waals surface area contributed by atoms with Crippen LogP contribution in [-0.2, 0) is 0 Å². The van der Waals surface area contributed by atoms with E-state index < -0.39 is 6.03 Å². The molecule has 0 aliphatic carbocycles. The average molecular weight is 349 g/mol. The third-order valence-electron chi connectivity index (χ3n) is 2.67. The minimum absolute atomic E-state index is 0.310. The molecule has 2 aromatic rings. The second-order valence-electron chi connectivity index (χ2n) is 4.25. The number of halogens is 1. The van der Waals surface area contributed by atoms with Crippen molar-refractivity contribution in [3.05, 3.63) is 52.5 Å². The Morgan fingerprint density at radius 2 is 1.52 bits per heavy atom. The van der Waals surface area contributed by atoms with Crippen molar-refractivity contribution in [2.24, 2.45) is 5.73 Å². The molecule has 0 radical (unpaired) electrons. The van der Waals surface area contributed by atoms with Crippen LogP contribution >= 0.6 is 15.9 Å². The van der Waals surface area contributed by atoms with Crippen LogP contribution in [0.2, 0.25) is 0 Å². The van der Waals surface area contributed by atoms with Crippen LogP contribution in [-0.4, -0.2) is 11.9 Å². The normalized spacial score (nSPS) is 9.95. The summed E-state index contributed by atoms with van der Waals surface area (Å²) in [6.45, 7) is 0. The molecule has 0 heterocycles. The Balaban J connectivity index is 2.10. The van der Waals surface area contributed by atoms with Gasteiger partial charge in [0, 0.05) is 21.5 Å². The molecule has 7 heteroatoms. The van der Waals surface area contributed by atoms with Gasteiger partial charge in [0.1, 0.15) is 0 Å². The molecule has 0 aliphatic rings. The highest BCUT2D eigenvalue weighted by Crippen LogP contribution is 2.20. The van der Waals surface area contributed by atoms with Gasteiger partial charge in [-0.2, -0.15) is 0 Å². The van der Waals surface area contributed by atoms with E-state index in [0.29, 0.717) is 22.6 Å². The fraction of sp³-hybridized carbons (Fsp3) is 0. The van der Waals surface area contributed by atoms with E-state index in [1.54, 1.807) is 42.5 Å². The first kappa shape index (κ1) is 14.9. The number of amides is 3. The van der Waals surface area contributed by atoms with Crippen molar-refractivity contribution in [1.82, 2.24) is 0 Å². The fourth-order valence-corrected chi connectivity index (χ4v) is 2.10. The molecular weight excluding hydrogens is 336 g/mol. The predicted molar refractivity (Wildman–Crippen MR) is 86.2 cm³/mol. The maximum absolute atomic E-state index is 12.1. The van der Waals surface area contributed by atoms with Crippen LogP contribution in [0.3, 0.4) is 0 Å². The highest BCUT2D eigenvalue weighted by atomic mass is 79.9. The maximum Gasteiger partial charge on any atom is 0.316 e. The molecule has 21 heavy (non-hydrogen) atoms. The third kappa shape index (κ3) is 3.96. The number of nitrogens with one attached hydrogen (secondary N) is 2. The first-order valence-electron chi connectivity index (χ1n) is 5.98.